The van der Waals surface area contributed by atoms with Gasteiger partial charge >= 0.3 is 5.97 Å². The van der Waals surface area contributed by atoms with Crippen molar-refractivity contribution in [1.29, 1.82) is 0 Å². The van der Waals surface area contributed by atoms with Crippen molar-refractivity contribution >= 4 is 18.0 Å². The summed E-state index contributed by atoms with van der Waals surface area (Å²) < 4.78 is 5.34. The maximum atomic E-state index is 12.4. The number of nitrogens with two attached hydrogens (primary N) is 1. The van der Waals surface area contributed by atoms with Crippen LogP contribution in [0.25, 0.3) is 6.08 Å². The van der Waals surface area contributed by atoms with E-state index in [1.807, 2.05) is 24.3 Å². The summed E-state index contributed by atoms with van der Waals surface area (Å²) in [6.45, 7) is 0. The van der Waals surface area contributed by atoms with E-state index in [2.05, 4.69) is 6.08 Å². The number of carbonyl (C=O) groups is 2. The minimum absolute atomic E-state index is 0.432. The fourth-order valence-electron chi connectivity index (χ4n) is 2.65. The van der Waals surface area contributed by atoms with Crippen molar-refractivity contribution in [3.05, 3.63) is 76.9 Å². The molecule has 0 saturated heterocycles. The zero-order valence-corrected chi connectivity index (χ0v) is 12.6. The third-order valence-corrected chi connectivity index (χ3v) is 3.84. The number of hydrogen-bond donors (Lipinski definition) is 1. The van der Waals surface area contributed by atoms with Gasteiger partial charge in [0.1, 0.15) is 0 Å². The minimum atomic E-state index is -1.08. The Morgan fingerprint density at radius 2 is 1.87 bits per heavy atom. The molecule has 0 saturated carbocycles. The summed E-state index contributed by atoms with van der Waals surface area (Å²) in [5.74, 6) is -1.24. The van der Waals surface area contributed by atoms with Crippen LogP contribution >= 0.6 is 0 Å². The van der Waals surface area contributed by atoms with E-state index in [0.29, 0.717) is 11.1 Å². The van der Waals surface area contributed by atoms with Crippen molar-refractivity contribution < 1.29 is 14.3 Å². The first-order valence-corrected chi connectivity index (χ1v) is 7.50. The molecule has 2 aromatic rings. The molecule has 4 nitrogen and oxygen atoms in total. The van der Waals surface area contributed by atoms with Crippen molar-refractivity contribution in [3.8, 4) is 0 Å². The largest absolute Gasteiger partial charge is 0.444 e. The number of fused-ring (bicyclic) bond motifs is 1. The maximum Gasteiger partial charge on any atom is 0.339 e. The SMILES string of the molecule is NC(=O)C(OC(=O)c1ccc2c(c1)CCC=C2)c1ccccc1. The molecule has 1 unspecified atom stereocenters. The van der Waals surface area contributed by atoms with Crippen LogP contribution in [0, 0.1) is 0 Å². The lowest BCUT2D eigenvalue weighted by Gasteiger charge is -2.16. The van der Waals surface area contributed by atoms with Gasteiger partial charge in [0, 0.05) is 5.56 Å². The van der Waals surface area contributed by atoms with Gasteiger partial charge < -0.3 is 10.5 Å². The second kappa shape index (κ2) is 6.48. The number of benzene rings is 2. The van der Waals surface area contributed by atoms with Crippen molar-refractivity contribution in [2.75, 3.05) is 0 Å². The zero-order chi connectivity index (χ0) is 16.2. The highest BCUT2D eigenvalue weighted by atomic mass is 16.5. The molecule has 0 fully saturated rings. The number of primary amides is 1. The van der Waals surface area contributed by atoms with Gasteiger partial charge in [-0.3, -0.25) is 4.79 Å². The first kappa shape index (κ1) is 15.0. The van der Waals surface area contributed by atoms with E-state index in [0.717, 1.165) is 24.0 Å². The molecule has 1 aliphatic rings. The van der Waals surface area contributed by atoms with Gasteiger partial charge in [-0.25, -0.2) is 4.79 Å². The molecule has 4 heteroatoms. The number of amides is 1. The molecule has 2 aromatic carbocycles. The van der Waals surface area contributed by atoms with Gasteiger partial charge in [0.05, 0.1) is 5.56 Å². The van der Waals surface area contributed by atoms with Crippen LogP contribution in [0.1, 0.15) is 39.6 Å². The van der Waals surface area contributed by atoms with E-state index in [1.54, 1.807) is 30.3 Å². The molecule has 23 heavy (non-hydrogen) atoms. The fourth-order valence-corrected chi connectivity index (χ4v) is 2.65. The molecule has 1 atom stereocenters. The normalized spacial score (nSPS) is 13.9. The second-order valence-electron chi connectivity index (χ2n) is 5.45. The van der Waals surface area contributed by atoms with Crippen LogP contribution in [0.2, 0.25) is 0 Å². The molecule has 0 aromatic heterocycles. The minimum Gasteiger partial charge on any atom is -0.444 e. The van der Waals surface area contributed by atoms with E-state index >= 15 is 0 Å². The van der Waals surface area contributed by atoms with Crippen LogP contribution in [0.4, 0.5) is 0 Å². The van der Waals surface area contributed by atoms with Crippen LogP contribution in [-0.2, 0) is 16.0 Å². The summed E-state index contributed by atoms with van der Waals surface area (Å²) in [5, 5.41) is 0. The van der Waals surface area contributed by atoms with Gasteiger partial charge in [0.25, 0.3) is 5.91 Å². The monoisotopic (exact) mass is 307 g/mol. The Hall–Kier alpha value is -2.88. The van der Waals surface area contributed by atoms with Crippen molar-refractivity contribution in [2.24, 2.45) is 5.73 Å². The summed E-state index contributed by atoms with van der Waals surface area (Å²) in [4.78, 5) is 24.0. The Morgan fingerprint density at radius 1 is 1.09 bits per heavy atom. The second-order valence-corrected chi connectivity index (χ2v) is 5.45. The summed E-state index contributed by atoms with van der Waals surface area (Å²) in [7, 11) is 0. The number of rotatable bonds is 4. The Labute approximate surface area is 134 Å². The van der Waals surface area contributed by atoms with E-state index in [-0.39, 0.29) is 0 Å². The van der Waals surface area contributed by atoms with E-state index in [1.165, 1.54) is 0 Å². The molecule has 0 aliphatic heterocycles. The highest BCUT2D eigenvalue weighted by Crippen LogP contribution is 2.23. The van der Waals surface area contributed by atoms with Crippen molar-refractivity contribution in [1.82, 2.24) is 0 Å². The van der Waals surface area contributed by atoms with Gasteiger partial charge in [-0.1, -0.05) is 48.6 Å². The van der Waals surface area contributed by atoms with Crippen LogP contribution in [0.5, 0.6) is 0 Å². The lowest BCUT2D eigenvalue weighted by atomic mass is 9.95. The van der Waals surface area contributed by atoms with Crippen LogP contribution in [0.3, 0.4) is 0 Å². The number of hydrogen-bond acceptors (Lipinski definition) is 3. The maximum absolute atomic E-state index is 12.4. The molecular formula is C19H17NO3. The fraction of sp³-hybridized carbons (Fsp3) is 0.158. The van der Waals surface area contributed by atoms with Gasteiger partial charge in [0.2, 0.25) is 6.10 Å². The Kier molecular flexibility index (Phi) is 4.24. The number of esters is 1. The van der Waals surface area contributed by atoms with Crippen molar-refractivity contribution in [3.63, 3.8) is 0 Å². The van der Waals surface area contributed by atoms with Gasteiger partial charge in [0.15, 0.2) is 0 Å². The Morgan fingerprint density at radius 3 is 2.61 bits per heavy atom. The first-order valence-electron chi connectivity index (χ1n) is 7.50. The van der Waals surface area contributed by atoms with Gasteiger partial charge in [-0.2, -0.15) is 0 Å². The average Bonchev–Trinajstić information content (AvgIpc) is 2.59. The summed E-state index contributed by atoms with van der Waals surface area (Å²) >= 11 is 0. The third kappa shape index (κ3) is 3.31. The lowest BCUT2D eigenvalue weighted by Crippen LogP contribution is -2.26. The number of allylic oxidation sites excluding steroid dienone is 1. The number of carbonyl (C=O) groups excluding carboxylic acids is 2. The molecule has 0 bridgehead atoms. The summed E-state index contributed by atoms with van der Waals surface area (Å²) in [5.41, 5.74) is 8.60. The molecule has 0 spiro atoms. The number of ether oxygens (including phenoxy) is 1. The highest BCUT2D eigenvalue weighted by molar-refractivity contribution is 5.93. The highest BCUT2D eigenvalue weighted by Gasteiger charge is 2.23. The first-order chi connectivity index (χ1) is 11.1. The molecule has 0 radical (unpaired) electrons. The van der Waals surface area contributed by atoms with E-state index in [4.69, 9.17) is 10.5 Å². The lowest BCUT2D eigenvalue weighted by molar-refractivity contribution is -0.127. The zero-order valence-electron chi connectivity index (χ0n) is 12.6. The molecule has 0 heterocycles. The van der Waals surface area contributed by atoms with E-state index < -0.39 is 18.0 Å². The summed E-state index contributed by atoms with van der Waals surface area (Å²) in [6, 6.07) is 14.2. The molecule has 116 valence electrons. The number of aryl methyl sites for hydroxylation is 1. The van der Waals surface area contributed by atoms with Gasteiger partial charge in [-0.15, -0.1) is 0 Å². The predicted molar refractivity (Wildman–Crippen MR) is 87.6 cm³/mol. The molecule has 1 amide bonds. The Bertz CT molecular complexity index is 765. The molecular weight excluding hydrogens is 290 g/mol. The average molecular weight is 307 g/mol. The molecule has 1 aliphatic carbocycles. The van der Waals surface area contributed by atoms with Crippen molar-refractivity contribution in [2.45, 2.75) is 18.9 Å². The quantitative estimate of drug-likeness (QED) is 0.883. The smallest absolute Gasteiger partial charge is 0.339 e. The standard InChI is InChI=1S/C19H17NO3/c20-18(21)17(14-7-2-1-3-8-14)23-19(22)16-11-10-13-6-4-5-9-15(13)12-16/h1-4,6-8,10-12,17H,5,9H2,(H2,20,21). The van der Waals surface area contributed by atoms with Crippen LogP contribution in [0.15, 0.2) is 54.6 Å². The van der Waals surface area contributed by atoms with E-state index in [9.17, 15) is 9.59 Å². The summed E-state index contributed by atoms with van der Waals surface area (Å²) in [6.07, 6.45) is 4.92. The van der Waals surface area contributed by atoms with Crippen LogP contribution < -0.4 is 5.73 Å². The predicted octanol–water partition coefficient (Wildman–Crippen LogP) is 3.03. The molecule has 3 rings (SSSR count). The third-order valence-electron chi connectivity index (χ3n) is 3.84. The van der Waals surface area contributed by atoms with Gasteiger partial charge in [-0.05, 0) is 36.1 Å². The molecule has 2 N–H and O–H groups in total. The van der Waals surface area contributed by atoms with Crippen LogP contribution in [-0.4, -0.2) is 11.9 Å². The topological polar surface area (TPSA) is 69.4 Å². The Balaban J connectivity index is 1.82.